The minimum atomic E-state index is -0.437. The predicted octanol–water partition coefficient (Wildman–Crippen LogP) is 1.22. The lowest BCUT2D eigenvalue weighted by Crippen LogP contribution is -2.52. The first kappa shape index (κ1) is 12.6. The minimum absolute atomic E-state index is 0.0499. The van der Waals surface area contributed by atoms with Crippen molar-refractivity contribution in [3.63, 3.8) is 0 Å². The molecule has 1 aliphatic rings. The molecule has 1 aliphatic heterocycles. The van der Waals surface area contributed by atoms with Crippen molar-refractivity contribution >= 4 is 11.8 Å². The Bertz CT molecular complexity index is 467. The molecule has 4 heteroatoms. The molecule has 0 aliphatic carbocycles. The molecule has 1 fully saturated rings. The summed E-state index contributed by atoms with van der Waals surface area (Å²) < 4.78 is 0. The van der Waals surface area contributed by atoms with E-state index in [9.17, 15) is 9.59 Å². The second-order valence-corrected chi connectivity index (χ2v) is 4.71. The summed E-state index contributed by atoms with van der Waals surface area (Å²) in [6.07, 6.45) is 0.998. The Morgan fingerprint density at radius 3 is 2.28 bits per heavy atom. The topological polar surface area (TPSA) is 40.6 Å². The fourth-order valence-corrected chi connectivity index (χ4v) is 2.22. The van der Waals surface area contributed by atoms with Crippen LogP contribution >= 0.6 is 0 Å². The number of hydrogen-bond acceptors (Lipinski definition) is 2. The van der Waals surface area contributed by atoms with Crippen molar-refractivity contribution in [3.05, 3.63) is 35.4 Å². The second kappa shape index (κ2) is 4.80. The summed E-state index contributed by atoms with van der Waals surface area (Å²) in [4.78, 5) is 26.3. The average Bonchev–Trinajstić information content (AvgIpc) is 2.41. The van der Waals surface area contributed by atoms with E-state index in [1.807, 2.05) is 12.1 Å². The number of benzene rings is 1. The zero-order valence-electron chi connectivity index (χ0n) is 11.0. The number of carbonyl (C=O) groups is 2. The highest BCUT2D eigenvalue weighted by Gasteiger charge is 2.35. The van der Waals surface area contributed by atoms with E-state index in [0.29, 0.717) is 6.54 Å². The molecule has 1 heterocycles. The third-order valence-corrected chi connectivity index (χ3v) is 3.54. The standard InChI is InChI=1S/C14H18N2O2/c1-4-10-5-7-11(8-6-10)12-9-15(2)13(17)14(18)16(12)3/h5-8,12H,4,9H2,1-3H3. The lowest BCUT2D eigenvalue weighted by Gasteiger charge is -2.37. The van der Waals surface area contributed by atoms with E-state index in [1.165, 1.54) is 15.4 Å². The predicted molar refractivity (Wildman–Crippen MR) is 69.0 cm³/mol. The quantitative estimate of drug-likeness (QED) is 0.736. The number of aryl methyl sites for hydroxylation is 1. The minimum Gasteiger partial charge on any atom is -0.335 e. The van der Waals surface area contributed by atoms with Gasteiger partial charge in [0, 0.05) is 20.6 Å². The monoisotopic (exact) mass is 246 g/mol. The lowest BCUT2D eigenvalue weighted by atomic mass is 10.0. The Hall–Kier alpha value is -1.84. The third kappa shape index (κ3) is 2.10. The molecule has 2 amide bonds. The summed E-state index contributed by atoms with van der Waals surface area (Å²) in [6.45, 7) is 2.66. The molecule has 1 aromatic carbocycles. The van der Waals surface area contributed by atoms with Crippen molar-refractivity contribution in [2.24, 2.45) is 0 Å². The molecule has 1 saturated heterocycles. The fraction of sp³-hybridized carbons (Fsp3) is 0.429. The molecular formula is C14H18N2O2. The van der Waals surface area contributed by atoms with E-state index in [4.69, 9.17) is 0 Å². The number of nitrogens with zero attached hydrogens (tertiary/aromatic N) is 2. The average molecular weight is 246 g/mol. The summed E-state index contributed by atoms with van der Waals surface area (Å²) >= 11 is 0. The number of likely N-dealkylation sites (N-methyl/N-ethyl adjacent to an activating group) is 2. The number of carbonyl (C=O) groups excluding carboxylic acids is 2. The van der Waals surface area contributed by atoms with Crippen molar-refractivity contribution in [2.45, 2.75) is 19.4 Å². The van der Waals surface area contributed by atoms with Gasteiger partial charge in [0.1, 0.15) is 0 Å². The Kier molecular flexibility index (Phi) is 3.36. The summed E-state index contributed by atoms with van der Waals surface area (Å²) in [6, 6.07) is 8.17. The summed E-state index contributed by atoms with van der Waals surface area (Å²) in [5, 5.41) is 0. The van der Waals surface area contributed by atoms with Crippen LogP contribution < -0.4 is 0 Å². The Morgan fingerprint density at radius 1 is 1.11 bits per heavy atom. The molecule has 18 heavy (non-hydrogen) atoms. The number of hydrogen-bond donors (Lipinski definition) is 0. The Labute approximate surface area is 107 Å². The van der Waals surface area contributed by atoms with Crippen LogP contribution in [-0.2, 0) is 16.0 Å². The zero-order chi connectivity index (χ0) is 13.3. The van der Waals surface area contributed by atoms with E-state index < -0.39 is 11.8 Å². The van der Waals surface area contributed by atoms with Gasteiger partial charge in [-0.25, -0.2) is 0 Å². The molecular weight excluding hydrogens is 228 g/mol. The van der Waals surface area contributed by atoms with E-state index in [1.54, 1.807) is 14.1 Å². The van der Waals surface area contributed by atoms with E-state index >= 15 is 0 Å². The summed E-state index contributed by atoms with van der Waals surface area (Å²) in [5.74, 6) is -0.868. The SMILES string of the molecule is CCc1ccc(C2CN(C)C(=O)C(=O)N2C)cc1. The van der Waals surface area contributed by atoms with Gasteiger partial charge >= 0.3 is 11.8 Å². The largest absolute Gasteiger partial charge is 0.335 e. The third-order valence-electron chi connectivity index (χ3n) is 3.54. The second-order valence-electron chi connectivity index (χ2n) is 4.71. The van der Waals surface area contributed by atoms with Crippen LogP contribution in [0.5, 0.6) is 0 Å². The van der Waals surface area contributed by atoms with Crippen molar-refractivity contribution in [1.29, 1.82) is 0 Å². The van der Waals surface area contributed by atoms with Crippen molar-refractivity contribution in [2.75, 3.05) is 20.6 Å². The molecule has 2 rings (SSSR count). The van der Waals surface area contributed by atoms with Gasteiger partial charge in [0.2, 0.25) is 0 Å². The van der Waals surface area contributed by atoms with Gasteiger partial charge in [0.05, 0.1) is 6.04 Å². The van der Waals surface area contributed by atoms with Crippen LogP contribution in [-0.4, -0.2) is 42.3 Å². The molecule has 0 bridgehead atoms. The molecule has 0 spiro atoms. The lowest BCUT2D eigenvalue weighted by molar-refractivity contribution is -0.156. The van der Waals surface area contributed by atoms with E-state index in [-0.39, 0.29) is 6.04 Å². The first-order chi connectivity index (χ1) is 8.54. The number of amides is 2. The van der Waals surface area contributed by atoms with Crippen LogP contribution in [0.1, 0.15) is 24.1 Å². The van der Waals surface area contributed by atoms with Crippen LogP contribution in [0.25, 0.3) is 0 Å². The molecule has 0 aromatic heterocycles. The van der Waals surface area contributed by atoms with E-state index in [0.717, 1.165) is 12.0 Å². The molecule has 0 N–H and O–H groups in total. The normalized spacial score (nSPS) is 20.5. The van der Waals surface area contributed by atoms with Crippen LogP contribution in [0.15, 0.2) is 24.3 Å². The van der Waals surface area contributed by atoms with Crippen LogP contribution in [0, 0.1) is 0 Å². The molecule has 1 atom stereocenters. The number of rotatable bonds is 2. The van der Waals surface area contributed by atoms with Gasteiger partial charge in [0.25, 0.3) is 0 Å². The molecule has 1 aromatic rings. The highest BCUT2D eigenvalue weighted by Crippen LogP contribution is 2.24. The number of piperazine rings is 1. The molecule has 96 valence electrons. The maximum Gasteiger partial charge on any atom is 0.312 e. The fourth-order valence-electron chi connectivity index (χ4n) is 2.22. The van der Waals surface area contributed by atoms with Crippen molar-refractivity contribution in [1.82, 2.24) is 9.80 Å². The van der Waals surface area contributed by atoms with Gasteiger partial charge in [-0.3, -0.25) is 9.59 Å². The zero-order valence-corrected chi connectivity index (χ0v) is 11.0. The van der Waals surface area contributed by atoms with Gasteiger partial charge in [-0.05, 0) is 17.5 Å². The van der Waals surface area contributed by atoms with Gasteiger partial charge < -0.3 is 9.80 Å². The molecule has 0 saturated carbocycles. The van der Waals surface area contributed by atoms with Crippen molar-refractivity contribution in [3.8, 4) is 0 Å². The van der Waals surface area contributed by atoms with Gasteiger partial charge in [-0.1, -0.05) is 31.2 Å². The van der Waals surface area contributed by atoms with Gasteiger partial charge in [-0.15, -0.1) is 0 Å². The van der Waals surface area contributed by atoms with Crippen LogP contribution in [0.3, 0.4) is 0 Å². The van der Waals surface area contributed by atoms with Crippen LogP contribution in [0.2, 0.25) is 0 Å². The smallest absolute Gasteiger partial charge is 0.312 e. The first-order valence-corrected chi connectivity index (χ1v) is 6.15. The van der Waals surface area contributed by atoms with Gasteiger partial charge in [-0.2, -0.15) is 0 Å². The van der Waals surface area contributed by atoms with Crippen molar-refractivity contribution < 1.29 is 9.59 Å². The van der Waals surface area contributed by atoms with E-state index in [2.05, 4.69) is 19.1 Å². The highest BCUT2D eigenvalue weighted by molar-refractivity contribution is 6.35. The molecule has 1 unspecified atom stereocenters. The highest BCUT2D eigenvalue weighted by atomic mass is 16.2. The molecule has 4 nitrogen and oxygen atoms in total. The maximum atomic E-state index is 11.8. The van der Waals surface area contributed by atoms with Crippen LogP contribution in [0.4, 0.5) is 0 Å². The molecule has 0 radical (unpaired) electrons. The summed E-state index contributed by atoms with van der Waals surface area (Å²) in [7, 11) is 3.35. The Balaban J connectivity index is 2.26. The summed E-state index contributed by atoms with van der Waals surface area (Å²) in [5.41, 5.74) is 2.34. The Morgan fingerprint density at radius 2 is 1.72 bits per heavy atom. The van der Waals surface area contributed by atoms with Gasteiger partial charge in [0.15, 0.2) is 0 Å². The first-order valence-electron chi connectivity index (χ1n) is 6.15. The maximum absolute atomic E-state index is 11.8.